The molecule has 2 heterocycles. The van der Waals surface area contributed by atoms with E-state index < -0.39 is 38.7 Å². The Morgan fingerprint density at radius 3 is 2.50 bits per heavy atom. The number of hydrogen-bond donors (Lipinski definition) is 2. The van der Waals surface area contributed by atoms with Crippen LogP contribution in [0.4, 0.5) is 8.78 Å². The fourth-order valence-corrected chi connectivity index (χ4v) is 4.85. The summed E-state index contributed by atoms with van der Waals surface area (Å²) in [6, 6.07) is 5.81. The van der Waals surface area contributed by atoms with Crippen molar-refractivity contribution < 1.29 is 26.7 Å². The van der Waals surface area contributed by atoms with Crippen molar-refractivity contribution in [2.45, 2.75) is 20.0 Å². The van der Waals surface area contributed by atoms with Crippen LogP contribution in [0.5, 0.6) is 5.75 Å². The highest BCUT2D eigenvalue weighted by Gasteiger charge is 2.21. The Kier molecular flexibility index (Phi) is 6.58. The van der Waals surface area contributed by atoms with Crippen LogP contribution in [0.1, 0.15) is 34.0 Å². The topological polar surface area (TPSA) is 131 Å². The van der Waals surface area contributed by atoms with Crippen molar-refractivity contribution in [2.75, 3.05) is 6.26 Å². The van der Waals surface area contributed by atoms with E-state index in [0.29, 0.717) is 21.2 Å². The molecule has 4 rings (SSSR count). The first-order valence-corrected chi connectivity index (χ1v) is 12.6. The van der Waals surface area contributed by atoms with E-state index in [1.165, 1.54) is 31.3 Å². The van der Waals surface area contributed by atoms with Crippen molar-refractivity contribution >= 4 is 38.4 Å². The summed E-state index contributed by atoms with van der Waals surface area (Å²) in [5.74, 6) is -2.12. The molecule has 36 heavy (non-hydrogen) atoms. The van der Waals surface area contributed by atoms with Crippen LogP contribution in [-0.2, 0) is 23.1 Å². The molecule has 0 fully saturated rings. The van der Waals surface area contributed by atoms with Crippen molar-refractivity contribution in [1.29, 1.82) is 0 Å². The zero-order chi connectivity index (χ0) is 26.4. The Morgan fingerprint density at radius 2 is 1.86 bits per heavy atom. The lowest BCUT2D eigenvalue weighted by molar-refractivity contribution is 0.101. The molecule has 0 aliphatic rings. The van der Waals surface area contributed by atoms with Crippen LogP contribution in [0.3, 0.4) is 0 Å². The van der Waals surface area contributed by atoms with Crippen LogP contribution < -0.4 is 16.0 Å². The zero-order valence-electron chi connectivity index (χ0n) is 18.8. The van der Waals surface area contributed by atoms with Gasteiger partial charge in [-0.25, -0.2) is 22.0 Å². The molecule has 0 saturated carbocycles. The van der Waals surface area contributed by atoms with E-state index in [-0.39, 0.29) is 46.0 Å². The summed E-state index contributed by atoms with van der Waals surface area (Å²) in [6.45, 7) is 0.892. The second-order valence-corrected chi connectivity index (χ2v) is 10.2. The largest absolute Gasteiger partial charge is 0.487 e. The van der Waals surface area contributed by atoms with Gasteiger partial charge < -0.3 is 14.7 Å². The molecule has 0 spiro atoms. The smallest absolute Gasteiger partial charge is 0.340 e. The molecule has 13 heteroatoms. The second kappa shape index (κ2) is 9.36. The van der Waals surface area contributed by atoms with Crippen LogP contribution in [0, 0.1) is 11.6 Å². The first-order valence-electron chi connectivity index (χ1n) is 10.3. The van der Waals surface area contributed by atoms with E-state index in [1.54, 1.807) is 0 Å². The van der Waals surface area contributed by atoms with Crippen molar-refractivity contribution in [3.8, 4) is 5.75 Å². The summed E-state index contributed by atoms with van der Waals surface area (Å²) >= 11 is 6.15. The standard InChI is InChI=1S/C23H18ClF2N3O6S/c1-11(30)16-6-12(7-18-20(16)28-23(32)29(18)36(2,33)34)5-14-9-27-22(31)19(24)21(14)35-10-13-3-4-15(25)8-17(13)26/h3-4,6-9H,5,10H2,1-2H3,(H,27,31)(H,28,32). The first kappa shape index (κ1) is 25.3. The van der Waals surface area contributed by atoms with E-state index in [4.69, 9.17) is 16.3 Å². The molecule has 0 amide bonds. The number of nitrogens with zero attached hydrogens (tertiary/aromatic N) is 1. The lowest BCUT2D eigenvalue weighted by atomic mass is 10.0. The minimum atomic E-state index is -4.01. The van der Waals surface area contributed by atoms with Gasteiger partial charge in [-0.15, -0.1) is 0 Å². The summed E-state index contributed by atoms with van der Waals surface area (Å²) in [4.78, 5) is 41.5. The summed E-state index contributed by atoms with van der Waals surface area (Å²) < 4.78 is 57.9. The molecule has 4 aromatic rings. The van der Waals surface area contributed by atoms with Crippen molar-refractivity contribution in [1.82, 2.24) is 13.9 Å². The summed E-state index contributed by atoms with van der Waals surface area (Å²) in [6.07, 6.45) is 2.14. The highest BCUT2D eigenvalue weighted by Crippen LogP contribution is 2.30. The maximum Gasteiger partial charge on any atom is 0.340 e. The lowest BCUT2D eigenvalue weighted by Gasteiger charge is -2.14. The normalized spacial score (nSPS) is 11.7. The van der Waals surface area contributed by atoms with Crippen molar-refractivity contribution in [2.24, 2.45) is 0 Å². The molecule has 0 radical (unpaired) electrons. The van der Waals surface area contributed by atoms with Gasteiger partial charge in [0.25, 0.3) is 5.56 Å². The predicted molar refractivity (Wildman–Crippen MR) is 128 cm³/mol. The third-order valence-electron chi connectivity index (χ3n) is 5.37. The number of aromatic amines is 2. The first-order chi connectivity index (χ1) is 16.9. The third-order valence-corrected chi connectivity index (χ3v) is 6.74. The van der Waals surface area contributed by atoms with E-state index in [2.05, 4.69) is 9.97 Å². The van der Waals surface area contributed by atoms with Crippen LogP contribution >= 0.6 is 11.6 Å². The zero-order valence-corrected chi connectivity index (χ0v) is 20.4. The molecule has 2 N–H and O–H groups in total. The minimum Gasteiger partial charge on any atom is -0.487 e. The number of Topliss-reactive ketones (excluding diaryl/α,β-unsaturated/α-hetero) is 1. The van der Waals surface area contributed by atoms with Gasteiger partial charge in [-0.05, 0) is 36.8 Å². The number of carbonyl (C=O) groups is 1. The lowest BCUT2D eigenvalue weighted by Crippen LogP contribution is -2.23. The maximum absolute atomic E-state index is 14.1. The number of nitrogens with one attached hydrogen (secondary N) is 2. The van der Waals surface area contributed by atoms with Gasteiger partial charge in [0.05, 0.1) is 17.3 Å². The van der Waals surface area contributed by atoms with Gasteiger partial charge in [-0.1, -0.05) is 11.6 Å². The highest BCUT2D eigenvalue weighted by atomic mass is 35.5. The summed E-state index contributed by atoms with van der Waals surface area (Å²) in [7, 11) is -4.01. The molecular formula is C23H18ClF2N3O6S. The van der Waals surface area contributed by atoms with E-state index >= 15 is 0 Å². The molecule has 0 atom stereocenters. The highest BCUT2D eigenvalue weighted by molar-refractivity contribution is 7.89. The van der Waals surface area contributed by atoms with Crippen molar-refractivity contribution in [3.05, 3.63) is 96.3 Å². The predicted octanol–water partition coefficient (Wildman–Crippen LogP) is 3.13. The number of imidazole rings is 1. The molecule has 0 aliphatic carbocycles. The van der Waals surface area contributed by atoms with Gasteiger partial charge in [-0.2, -0.15) is 3.97 Å². The number of rotatable bonds is 7. The maximum atomic E-state index is 14.1. The van der Waals surface area contributed by atoms with E-state index in [0.717, 1.165) is 12.3 Å². The Morgan fingerprint density at radius 1 is 1.14 bits per heavy atom. The number of hydrogen-bond acceptors (Lipinski definition) is 6. The van der Waals surface area contributed by atoms with Crippen LogP contribution in [0.15, 0.2) is 46.1 Å². The van der Waals surface area contributed by atoms with Crippen LogP contribution in [0.25, 0.3) is 11.0 Å². The number of halogens is 3. The fourth-order valence-electron chi connectivity index (χ4n) is 3.77. The number of fused-ring (bicyclic) bond motifs is 1. The Balaban J connectivity index is 1.81. The quantitative estimate of drug-likeness (QED) is 0.348. The summed E-state index contributed by atoms with van der Waals surface area (Å²) in [5, 5.41) is -0.322. The molecule has 0 unspecified atom stereocenters. The molecule has 2 aromatic carbocycles. The molecule has 2 aromatic heterocycles. The van der Waals surface area contributed by atoms with E-state index in [9.17, 15) is 31.6 Å². The van der Waals surface area contributed by atoms with Gasteiger partial charge in [0, 0.05) is 35.4 Å². The Hall–Kier alpha value is -3.77. The molecule has 0 aliphatic heterocycles. The number of ether oxygens (including phenoxy) is 1. The SMILES string of the molecule is CC(=O)c1cc(Cc2c[nH]c(=O)c(Cl)c2OCc2ccc(F)cc2F)cc2c1[nH]c(=O)n2S(C)(=O)=O. The molecule has 0 bridgehead atoms. The molecule has 0 saturated heterocycles. The van der Waals surface area contributed by atoms with Gasteiger partial charge in [-0.3, -0.25) is 9.59 Å². The van der Waals surface area contributed by atoms with Crippen molar-refractivity contribution in [3.63, 3.8) is 0 Å². The number of H-pyrrole nitrogens is 2. The monoisotopic (exact) mass is 537 g/mol. The van der Waals surface area contributed by atoms with Crippen LogP contribution in [0.2, 0.25) is 5.02 Å². The van der Waals surface area contributed by atoms with Crippen LogP contribution in [-0.4, -0.2) is 34.4 Å². The number of aromatic nitrogens is 3. The number of ketones is 1. The average Bonchev–Trinajstić information content (AvgIpc) is 3.12. The Bertz CT molecular complexity index is 1760. The molecular weight excluding hydrogens is 520 g/mol. The second-order valence-electron chi connectivity index (χ2n) is 8.04. The molecule has 188 valence electrons. The number of benzene rings is 2. The third kappa shape index (κ3) is 4.82. The van der Waals surface area contributed by atoms with Gasteiger partial charge in [0.1, 0.15) is 29.0 Å². The fraction of sp³-hybridized carbons (Fsp3) is 0.174. The van der Waals surface area contributed by atoms with Gasteiger partial charge in [0.2, 0.25) is 10.0 Å². The van der Waals surface area contributed by atoms with E-state index in [1.807, 2.05) is 0 Å². The molecule has 9 nitrogen and oxygen atoms in total. The summed E-state index contributed by atoms with van der Waals surface area (Å²) in [5.41, 5.74) is -0.765. The van der Waals surface area contributed by atoms with Gasteiger partial charge >= 0.3 is 5.69 Å². The number of pyridine rings is 1. The average molecular weight is 538 g/mol. The minimum absolute atomic E-state index is 0.0168. The van der Waals surface area contributed by atoms with Gasteiger partial charge in [0.15, 0.2) is 5.78 Å². The number of carbonyl (C=O) groups excluding carboxylic acids is 1. The Labute approximate surface area is 207 Å².